The molecule has 1 unspecified atom stereocenters. The van der Waals surface area contributed by atoms with Gasteiger partial charge in [0.05, 0.1) is 30.9 Å². The Hall–Kier alpha value is -2.94. The van der Waals surface area contributed by atoms with Gasteiger partial charge in [0.15, 0.2) is 5.78 Å². The molecule has 4 rings (SSSR count). The van der Waals surface area contributed by atoms with E-state index in [4.69, 9.17) is 13.8 Å². The van der Waals surface area contributed by atoms with E-state index in [2.05, 4.69) is 4.83 Å². The normalized spacial score (nSPS) is 15.7. The standard InChI is InChI=1S/C27H31N2O6PS/c1-5-34-36(30,35-6-2)27-25-10-8-7-9-22(25)19-26(21-13-15-23(33-4)16-14-21)29(27)28-37(31,32)24-17-11-20(3)12-18-24/h7-19,27-28H,5-6H2,1-4H3. The molecule has 10 heteroatoms. The average molecular weight is 543 g/mol. The maximum atomic E-state index is 14.3. The second-order valence-corrected chi connectivity index (χ2v) is 12.2. The summed E-state index contributed by atoms with van der Waals surface area (Å²) < 4.78 is 58.4. The number of nitrogens with zero attached hydrogens (tertiary/aromatic N) is 1. The summed E-state index contributed by atoms with van der Waals surface area (Å²) in [5.74, 6) is -0.427. The first-order valence-corrected chi connectivity index (χ1v) is 15.0. The monoisotopic (exact) mass is 542 g/mol. The van der Waals surface area contributed by atoms with Crippen molar-refractivity contribution in [1.29, 1.82) is 0 Å². The molecule has 0 saturated heterocycles. The molecule has 0 bridgehead atoms. The van der Waals surface area contributed by atoms with Gasteiger partial charge in [-0.05, 0) is 79.9 Å². The molecule has 3 aromatic rings. The lowest BCUT2D eigenvalue weighted by molar-refractivity contribution is 0.181. The SMILES string of the molecule is CCOP(=O)(OCC)C1c2ccccc2C=C(c2ccc(OC)cc2)N1NS(=O)(=O)c1ccc(C)cc1. The molecule has 1 aliphatic heterocycles. The first kappa shape index (κ1) is 27.1. The van der Waals surface area contributed by atoms with Gasteiger partial charge in [0, 0.05) is 0 Å². The minimum atomic E-state index is -4.08. The van der Waals surface area contributed by atoms with Crippen molar-refractivity contribution in [3.05, 3.63) is 95.1 Å². The second-order valence-electron chi connectivity index (χ2n) is 8.41. The van der Waals surface area contributed by atoms with E-state index < -0.39 is 23.4 Å². The van der Waals surface area contributed by atoms with Crippen LogP contribution in [0.15, 0.2) is 77.7 Å². The number of fused-ring (bicyclic) bond motifs is 1. The first-order chi connectivity index (χ1) is 17.7. The number of sulfonamides is 1. The summed E-state index contributed by atoms with van der Waals surface area (Å²) in [6.07, 6.45) is 1.85. The van der Waals surface area contributed by atoms with Gasteiger partial charge in [-0.2, -0.15) is 0 Å². The highest BCUT2D eigenvalue weighted by Crippen LogP contribution is 2.64. The molecule has 1 atom stereocenters. The van der Waals surface area contributed by atoms with Gasteiger partial charge in [-0.25, -0.2) is 8.42 Å². The van der Waals surface area contributed by atoms with Gasteiger partial charge in [0.1, 0.15) is 5.75 Å². The van der Waals surface area contributed by atoms with Crippen molar-refractivity contribution in [3.63, 3.8) is 0 Å². The van der Waals surface area contributed by atoms with Crippen molar-refractivity contribution in [2.45, 2.75) is 31.4 Å². The molecule has 196 valence electrons. The van der Waals surface area contributed by atoms with Crippen molar-refractivity contribution in [3.8, 4) is 5.75 Å². The summed E-state index contributed by atoms with van der Waals surface area (Å²) >= 11 is 0. The zero-order chi connectivity index (χ0) is 26.6. The number of aryl methyl sites for hydroxylation is 1. The summed E-state index contributed by atoms with van der Waals surface area (Å²) in [6, 6.07) is 21.1. The van der Waals surface area contributed by atoms with Crippen LogP contribution in [0.2, 0.25) is 0 Å². The summed E-state index contributed by atoms with van der Waals surface area (Å²) in [6.45, 7) is 5.57. The Morgan fingerprint density at radius 3 is 2.14 bits per heavy atom. The van der Waals surface area contributed by atoms with E-state index in [-0.39, 0.29) is 18.1 Å². The highest BCUT2D eigenvalue weighted by molar-refractivity contribution is 7.89. The van der Waals surface area contributed by atoms with Crippen LogP contribution in [-0.2, 0) is 23.6 Å². The summed E-state index contributed by atoms with van der Waals surface area (Å²) in [7, 11) is -6.41. The predicted octanol–water partition coefficient (Wildman–Crippen LogP) is 5.98. The fourth-order valence-corrected chi connectivity index (χ4v) is 7.46. The Labute approximate surface area is 218 Å². The molecular weight excluding hydrogens is 511 g/mol. The molecule has 0 aromatic heterocycles. The van der Waals surface area contributed by atoms with Crippen LogP contribution in [-0.4, -0.2) is 33.8 Å². The number of nitrogens with one attached hydrogen (secondary N) is 1. The highest BCUT2D eigenvalue weighted by atomic mass is 32.2. The zero-order valence-electron chi connectivity index (χ0n) is 21.2. The van der Waals surface area contributed by atoms with Crippen LogP contribution in [0.4, 0.5) is 0 Å². The molecule has 3 aromatic carbocycles. The molecular formula is C27H31N2O6PS. The van der Waals surface area contributed by atoms with Crippen LogP contribution in [0.5, 0.6) is 5.75 Å². The third kappa shape index (κ3) is 5.66. The number of methoxy groups -OCH3 is 1. The Morgan fingerprint density at radius 2 is 1.54 bits per heavy atom. The van der Waals surface area contributed by atoms with E-state index in [1.165, 1.54) is 17.1 Å². The van der Waals surface area contributed by atoms with Gasteiger partial charge in [-0.15, -0.1) is 4.83 Å². The third-order valence-electron chi connectivity index (χ3n) is 5.92. The Bertz CT molecular complexity index is 1410. The number of hydrogen-bond donors (Lipinski definition) is 1. The molecule has 1 aliphatic rings. The molecule has 0 saturated carbocycles. The Morgan fingerprint density at radius 1 is 0.919 bits per heavy atom. The molecule has 8 nitrogen and oxygen atoms in total. The van der Waals surface area contributed by atoms with Gasteiger partial charge in [0.2, 0.25) is 0 Å². The molecule has 0 fully saturated rings. The van der Waals surface area contributed by atoms with Crippen LogP contribution in [0, 0.1) is 6.92 Å². The number of hydrogen-bond acceptors (Lipinski definition) is 7. The van der Waals surface area contributed by atoms with Gasteiger partial charge >= 0.3 is 7.60 Å². The van der Waals surface area contributed by atoms with Gasteiger partial charge < -0.3 is 13.8 Å². The Balaban J connectivity index is 1.93. The molecule has 1 N–H and O–H groups in total. The number of benzene rings is 3. The number of rotatable bonds is 10. The minimum absolute atomic E-state index is 0.0763. The lowest BCUT2D eigenvalue weighted by atomic mass is 9.99. The van der Waals surface area contributed by atoms with E-state index in [0.29, 0.717) is 22.6 Å². The molecule has 37 heavy (non-hydrogen) atoms. The number of hydrazine groups is 1. The van der Waals surface area contributed by atoms with E-state index in [1.807, 2.05) is 43.3 Å². The molecule has 0 spiro atoms. The van der Waals surface area contributed by atoms with Crippen LogP contribution >= 0.6 is 7.60 Å². The lowest BCUT2D eigenvalue weighted by Gasteiger charge is -2.41. The lowest BCUT2D eigenvalue weighted by Crippen LogP contribution is -2.45. The van der Waals surface area contributed by atoms with E-state index in [1.54, 1.807) is 51.3 Å². The maximum absolute atomic E-state index is 14.3. The highest BCUT2D eigenvalue weighted by Gasteiger charge is 2.46. The Kier molecular flexibility index (Phi) is 8.21. The topological polar surface area (TPSA) is 94.2 Å². The van der Waals surface area contributed by atoms with Gasteiger partial charge in [-0.3, -0.25) is 9.57 Å². The second kappa shape index (κ2) is 11.2. The van der Waals surface area contributed by atoms with Crippen LogP contribution in [0.1, 0.15) is 41.9 Å². The summed E-state index contributed by atoms with van der Waals surface area (Å²) in [4.78, 5) is 2.77. The average Bonchev–Trinajstić information content (AvgIpc) is 2.88. The summed E-state index contributed by atoms with van der Waals surface area (Å²) in [5, 5.41) is 1.39. The van der Waals surface area contributed by atoms with E-state index >= 15 is 0 Å². The predicted molar refractivity (Wildman–Crippen MR) is 144 cm³/mol. The number of ether oxygens (including phenoxy) is 1. The molecule has 0 amide bonds. The van der Waals surface area contributed by atoms with Crippen LogP contribution in [0.25, 0.3) is 11.8 Å². The molecule has 0 radical (unpaired) electrons. The van der Waals surface area contributed by atoms with E-state index in [0.717, 1.165) is 11.1 Å². The van der Waals surface area contributed by atoms with Crippen molar-refractivity contribution >= 4 is 29.4 Å². The van der Waals surface area contributed by atoms with Crippen molar-refractivity contribution in [2.75, 3.05) is 20.3 Å². The fraction of sp³-hybridized carbons (Fsp3) is 0.259. The largest absolute Gasteiger partial charge is 0.497 e. The maximum Gasteiger partial charge on any atom is 0.359 e. The molecule has 1 heterocycles. The third-order valence-corrected chi connectivity index (χ3v) is 9.60. The van der Waals surface area contributed by atoms with Crippen molar-refractivity contribution < 1.29 is 26.8 Å². The van der Waals surface area contributed by atoms with E-state index in [9.17, 15) is 13.0 Å². The van der Waals surface area contributed by atoms with Crippen LogP contribution in [0.3, 0.4) is 0 Å². The van der Waals surface area contributed by atoms with Crippen molar-refractivity contribution in [2.24, 2.45) is 0 Å². The van der Waals surface area contributed by atoms with Crippen molar-refractivity contribution in [1.82, 2.24) is 9.84 Å². The molecule has 0 aliphatic carbocycles. The first-order valence-electron chi connectivity index (χ1n) is 11.9. The van der Waals surface area contributed by atoms with Crippen LogP contribution < -0.4 is 9.57 Å². The quantitative estimate of drug-likeness (QED) is 0.315. The minimum Gasteiger partial charge on any atom is -0.497 e. The van der Waals surface area contributed by atoms with Gasteiger partial charge in [0.25, 0.3) is 10.0 Å². The fourth-order valence-electron chi connectivity index (χ4n) is 4.20. The zero-order valence-corrected chi connectivity index (χ0v) is 23.0. The summed E-state index contributed by atoms with van der Waals surface area (Å²) in [5.41, 5.74) is 3.51. The smallest absolute Gasteiger partial charge is 0.359 e. The van der Waals surface area contributed by atoms with Gasteiger partial charge in [-0.1, -0.05) is 42.0 Å².